The Kier molecular flexibility index (Phi) is 4.19. The molecular formula is C19H17FN2O3. The smallest absolute Gasteiger partial charge is 0.251 e. The first-order chi connectivity index (χ1) is 11.8. The van der Waals surface area contributed by atoms with Crippen LogP contribution in [0.5, 0.6) is 5.75 Å². The van der Waals surface area contributed by atoms with E-state index in [0.717, 1.165) is 0 Å². The summed E-state index contributed by atoms with van der Waals surface area (Å²) in [6.45, 7) is 3.51. The topological polar surface area (TPSA) is 82.3 Å². The minimum Gasteiger partial charge on any atom is -0.485 e. The predicted molar refractivity (Wildman–Crippen MR) is 88.5 cm³/mol. The minimum absolute atomic E-state index is 0.279. The Labute approximate surface area is 144 Å². The molecule has 0 saturated heterocycles. The average Bonchev–Trinajstić information content (AvgIpc) is 2.58. The summed E-state index contributed by atoms with van der Waals surface area (Å²) < 4.78 is 18.9. The molecule has 0 fully saturated rings. The highest BCUT2D eigenvalue weighted by Gasteiger charge is 2.44. The molecule has 2 atom stereocenters. The summed E-state index contributed by atoms with van der Waals surface area (Å²) in [5.74, 6) is -0.403. The summed E-state index contributed by atoms with van der Waals surface area (Å²) in [6.07, 6.45) is -1.04. The van der Waals surface area contributed by atoms with Gasteiger partial charge in [-0.3, -0.25) is 4.79 Å². The molecular weight excluding hydrogens is 323 g/mol. The number of amides is 1. The fourth-order valence-corrected chi connectivity index (χ4v) is 2.93. The lowest BCUT2D eigenvalue weighted by atomic mass is 9.85. The number of aliphatic hydroxyl groups excluding tert-OH is 1. The van der Waals surface area contributed by atoms with E-state index in [1.54, 1.807) is 32.0 Å². The van der Waals surface area contributed by atoms with Crippen molar-refractivity contribution < 1.29 is 19.0 Å². The normalized spacial score (nSPS) is 20.8. The molecule has 0 aliphatic carbocycles. The molecule has 2 N–H and O–H groups in total. The third kappa shape index (κ3) is 3.19. The van der Waals surface area contributed by atoms with Gasteiger partial charge in [0, 0.05) is 11.1 Å². The zero-order valence-electron chi connectivity index (χ0n) is 13.8. The highest BCUT2D eigenvalue weighted by atomic mass is 19.1. The zero-order chi connectivity index (χ0) is 18.2. The number of hydrogen-bond donors (Lipinski definition) is 2. The van der Waals surface area contributed by atoms with Crippen LogP contribution < -0.4 is 10.1 Å². The van der Waals surface area contributed by atoms with Crippen LogP contribution >= 0.6 is 0 Å². The number of nitriles is 1. The third-order valence-electron chi connectivity index (χ3n) is 4.29. The Balaban J connectivity index is 1.90. The second-order valence-corrected chi connectivity index (χ2v) is 6.47. The van der Waals surface area contributed by atoms with Crippen LogP contribution in [0, 0.1) is 17.1 Å². The predicted octanol–water partition coefficient (Wildman–Crippen LogP) is 2.70. The maximum absolute atomic E-state index is 13.0. The number of carbonyl (C=O) groups excluding carboxylic acids is 1. The Morgan fingerprint density at radius 1 is 1.28 bits per heavy atom. The number of nitrogens with zero attached hydrogens (tertiary/aromatic N) is 1. The van der Waals surface area contributed by atoms with Crippen LogP contribution in [0.2, 0.25) is 0 Å². The summed E-state index contributed by atoms with van der Waals surface area (Å²) in [5, 5.41) is 22.5. The van der Waals surface area contributed by atoms with Gasteiger partial charge >= 0.3 is 0 Å². The van der Waals surface area contributed by atoms with Crippen LogP contribution in [0.25, 0.3) is 0 Å². The van der Waals surface area contributed by atoms with Gasteiger partial charge in [-0.25, -0.2) is 4.39 Å². The Hall–Kier alpha value is -2.91. The fourth-order valence-electron chi connectivity index (χ4n) is 2.93. The molecule has 2 aromatic rings. The summed E-state index contributed by atoms with van der Waals surface area (Å²) in [7, 11) is 0. The highest BCUT2D eigenvalue weighted by Crippen LogP contribution is 2.40. The van der Waals surface area contributed by atoms with Gasteiger partial charge in [0.25, 0.3) is 5.91 Å². The van der Waals surface area contributed by atoms with E-state index in [-0.39, 0.29) is 5.56 Å². The molecule has 5 nitrogen and oxygen atoms in total. The second-order valence-electron chi connectivity index (χ2n) is 6.47. The molecule has 1 amide bonds. The Morgan fingerprint density at radius 2 is 1.96 bits per heavy atom. The van der Waals surface area contributed by atoms with Gasteiger partial charge in [0.05, 0.1) is 17.7 Å². The van der Waals surface area contributed by atoms with E-state index in [9.17, 15) is 14.3 Å². The third-order valence-corrected chi connectivity index (χ3v) is 4.29. The van der Waals surface area contributed by atoms with E-state index in [0.29, 0.717) is 16.9 Å². The van der Waals surface area contributed by atoms with Crippen molar-refractivity contribution in [2.45, 2.75) is 31.6 Å². The minimum atomic E-state index is -1.04. The number of fused-ring (bicyclic) bond motifs is 1. The zero-order valence-corrected chi connectivity index (χ0v) is 13.8. The van der Waals surface area contributed by atoms with Crippen molar-refractivity contribution in [1.82, 2.24) is 5.32 Å². The molecule has 2 aromatic carbocycles. The molecule has 0 unspecified atom stereocenters. The molecule has 25 heavy (non-hydrogen) atoms. The lowest BCUT2D eigenvalue weighted by Gasteiger charge is -2.43. The fraction of sp³-hybridized carbons (Fsp3) is 0.263. The van der Waals surface area contributed by atoms with Gasteiger partial charge in [0.1, 0.15) is 23.3 Å². The van der Waals surface area contributed by atoms with E-state index in [4.69, 9.17) is 10.00 Å². The highest BCUT2D eigenvalue weighted by molar-refractivity contribution is 5.94. The maximum Gasteiger partial charge on any atom is 0.251 e. The van der Waals surface area contributed by atoms with E-state index in [2.05, 4.69) is 5.32 Å². The lowest BCUT2D eigenvalue weighted by Crippen LogP contribution is -2.57. The van der Waals surface area contributed by atoms with Crippen LogP contribution in [-0.2, 0) is 0 Å². The summed E-state index contributed by atoms with van der Waals surface area (Å²) in [6, 6.07) is 11.2. The average molecular weight is 340 g/mol. The SMILES string of the molecule is CC1(C)Oc2ccc(C#N)cc2[C@H](O)[C@H]1NC(=O)c1ccc(F)cc1. The van der Waals surface area contributed by atoms with Gasteiger partial charge in [-0.15, -0.1) is 0 Å². The molecule has 0 spiro atoms. The molecule has 128 valence electrons. The van der Waals surface area contributed by atoms with Gasteiger partial charge in [-0.1, -0.05) is 0 Å². The van der Waals surface area contributed by atoms with E-state index in [1.165, 1.54) is 24.3 Å². The molecule has 1 aliphatic rings. The number of hydrogen-bond acceptors (Lipinski definition) is 4. The van der Waals surface area contributed by atoms with Crippen molar-refractivity contribution in [2.75, 3.05) is 0 Å². The molecule has 6 heteroatoms. The summed E-state index contributed by atoms with van der Waals surface area (Å²) in [4.78, 5) is 12.4. The monoisotopic (exact) mass is 340 g/mol. The van der Waals surface area contributed by atoms with Gasteiger partial charge in [-0.05, 0) is 56.3 Å². The van der Waals surface area contributed by atoms with Crippen molar-refractivity contribution in [3.8, 4) is 11.8 Å². The Bertz CT molecular complexity index is 856. The molecule has 3 rings (SSSR count). The summed E-state index contributed by atoms with van der Waals surface area (Å²) in [5.41, 5.74) is 0.240. The molecule has 0 saturated carbocycles. The van der Waals surface area contributed by atoms with Gasteiger partial charge in [-0.2, -0.15) is 5.26 Å². The van der Waals surface area contributed by atoms with Crippen LogP contribution in [-0.4, -0.2) is 22.7 Å². The van der Waals surface area contributed by atoms with Crippen molar-refractivity contribution >= 4 is 5.91 Å². The Morgan fingerprint density at radius 3 is 2.60 bits per heavy atom. The number of nitrogens with one attached hydrogen (secondary N) is 1. The number of aliphatic hydroxyl groups is 1. The lowest BCUT2D eigenvalue weighted by molar-refractivity contribution is -0.0253. The van der Waals surface area contributed by atoms with Crippen molar-refractivity contribution in [3.05, 3.63) is 65.0 Å². The van der Waals surface area contributed by atoms with Crippen LogP contribution in [0.1, 0.15) is 41.4 Å². The van der Waals surface area contributed by atoms with E-state index >= 15 is 0 Å². The number of carbonyl (C=O) groups is 1. The van der Waals surface area contributed by atoms with E-state index < -0.39 is 29.5 Å². The van der Waals surface area contributed by atoms with Crippen molar-refractivity contribution in [2.24, 2.45) is 0 Å². The van der Waals surface area contributed by atoms with Crippen LogP contribution in [0.4, 0.5) is 4.39 Å². The van der Waals surface area contributed by atoms with Crippen molar-refractivity contribution in [3.63, 3.8) is 0 Å². The standard InChI is InChI=1S/C19H17FN2O3/c1-19(2)17(22-18(24)12-4-6-13(20)7-5-12)16(23)14-9-11(10-21)3-8-15(14)25-19/h3-9,16-17,23H,1-2H3,(H,22,24)/t16-,17+/m0/s1. The van der Waals surface area contributed by atoms with Crippen LogP contribution in [0.15, 0.2) is 42.5 Å². The van der Waals surface area contributed by atoms with E-state index in [1.807, 2.05) is 6.07 Å². The maximum atomic E-state index is 13.0. The molecule has 1 aliphatic heterocycles. The number of halogens is 1. The van der Waals surface area contributed by atoms with Gasteiger partial charge in [0.15, 0.2) is 0 Å². The summed E-state index contributed by atoms with van der Waals surface area (Å²) >= 11 is 0. The first-order valence-electron chi connectivity index (χ1n) is 7.79. The quantitative estimate of drug-likeness (QED) is 0.881. The van der Waals surface area contributed by atoms with Gasteiger partial charge < -0.3 is 15.2 Å². The van der Waals surface area contributed by atoms with Gasteiger partial charge in [0.2, 0.25) is 0 Å². The van der Waals surface area contributed by atoms with Crippen molar-refractivity contribution in [1.29, 1.82) is 5.26 Å². The first-order valence-corrected chi connectivity index (χ1v) is 7.79. The number of rotatable bonds is 2. The van der Waals surface area contributed by atoms with Crippen LogP contribution in [0.3, 0.4) is 0 Å². The first kappa shape index (κ1) is 16.9. The molecule has 0 bridgehead atoms. The largest absolute Gasteiger partial charge is 0.485 e. The molecule has 0 radical (unpaired) electrons. The number of ether oxygens (including phenoxy) is 1. The molecule has 1 heterocycles. The molecule has 0 aromatic heterocycles. The number of benzene rings is 2. The second kappa shape index (κ2) is 6.19.